The zero-order valence-corrected chi connectivity index (χ0v) is 13.8. The zero-order valence-electron chi connectivity index (χ0n) is 13.1. The molecule has 0 N–H and O–H groups in total. The summed E-state index contributed by atoms with van der Waals surface area (Å²) in [4.78, 5) is 12.9. The molecular weight excluding hydrogens is 319 g/mol. The van der Waals surface area contributed by atoms with E-state index in [1.165, 1.54) is 12.1 Å². The van der Waals surface area contributed by atoms with E-state index in [-0.39, 0.29) is 5.82 Å². The van der Waals surface area contributed by atoms with Crippen LogP contribution in [0.5, 0.6) is 5.75 Å². The molecule has 1 aromatic carbocycles. The summed E-state index contributed by atoms with van der Waals surface area (Å²) >= 11 is 6.01. The van der Waals surface area contributed by atoms with Crippen molar-refractivity contribution in [2.24, 2.45) is 0 Å². The van der Waals surface area contributed by atoms with Crippen LogP contribution in [-0.2, 0) is 0 Å². The fourth-order valence-corrected chi connectivity index (χ4v) is 2.99. The number of aromatic nitrogens is 2. The number of hydrogen-bond donors (Lipinski definition) is 0. The zero-order chi connectivity index (χ0) is 16.4. The molecule has 122 valence electrons. The maximum Gasteiger partial charge on any atom is 0.145 e. The molecule has 0 unspecified atom stereocenters. The molecule has 3 rings (SSSR count). The predicted molar refractivity (Wildman–Crippen MR) is 89.2 cm³/mol. The largest absolute Gasteiger partial charge is 0.494 e. The summed E-state index contributed by atoms with van der Waals surface area (Å²) < 4.78 is 18.6. The van der Waals surface area contributed by atoms with Gasteiger partial charge >= 0.3 is 0 Å². The topological polar surface area (TPSA) is 41.5 Å². The average molecular weight is 337 g/mol. The van der Waals surface area contributed by atoms with Gasteiger partial charge in [-0.3, -0.25) is 0 Å². The highest BCUT2D eigenvalue weighted by Crippen LogP contribution is 2.30. The number of methoxy groups -OCH3 is 1. The van der Waals surface area contributed by atoms with Crippen molar-refractivity contribution in [1.82, 2.24) is 9.97 Å². The van der Waals surface area contributed by atoms with E-state index >= 15 is 0 Å². The van der Waals surface area contributed by atoms with E-state index in [0.717, 1.165) is 37.7 Å². The van der Waals surface area contributed by atoms with Crippen molar-refractivity contribution in [3.63, 3.8) is 0 Å². The lowest BCUT2D eigenvalue weighted by atomic mass is 10.2. The van der Waals surface area contributed by atoms with Gasteiger partial charge in [0.25, 0.3) is 0 Å². The van der Waals surface area contributed by atoms with Crippen LogP contribution in [0.3, 0.4) is 0 Å². The Morgan fingerprint density at radius 1 is 1.09 bits per heavy atom. The second-order valence-electron chi connectivity index (χ2n) is 5.39. The smallest absolute Gasteiger partial charge is 0.145 e. The Bertz CT molecular complexity index is 684. The van der Waals surface area contributed by atoms with E-state index in [0.29, 0.717) is 16.7 Å². The Morgan fingerprint density at radius 3 is 2.43 bits per heavy atom. The summed E-state index contributed by atoms with van der Waals surface area (Å²) in [5, 5.41) is 0.454. The van der Waals surface area contributed by atoms with Gasteiger partial charge in [-0.15, -0.1) is 0 Å². The summed E-state index contributed by atoms with van der Waals surface area (Å²) in [6.45, 7) is 5.01. The van der Waals surface area contributed by atoms with Crippen LogP contribution in [0.4, 0.5) is 15.9 Å². The van der Waals surface area contributed by atoms with Gasteiger partial charge in [0.1, 0.15) is 28.4 Å². The molecule has 1 aromatic heterocycles. The molecule has 1 aliphatic heterocycles. The van der Waals surface area contributed by atoms with Gasteiger partial charge in [-0.1, -0.05) is 11.6 Å². The van der Waals surface area contributed by atoms with Gasteiger partial charge in [0.15, 0.2) is 0 Å². The van der Waals surface area contributed by atoms with Crippen molar-refractivity contribution in [2.45, 2.75) is 6.92 Å². The molecule has 0 atom stereocenters. The maximum absolute atomic E-state index is 13.3. The van der Waals surface area contributed by atoms with Crippen molar-refractivity contribution < 1.29 is 9.13 Å². The molecule has 0 saturated carbocycles. The molecule has 1 aliphatic rings. The Morgan fingerprint density at radius 2 is 1.78 bits per heavy atom. The molecule has 23 heavy (non-hydrogen) atoms. The van der Waals surface area contributed by atoms with Crippen LogP contribution in [0.1, 0.15) is 5.82 Å². The minimum absolute atomic E-state index is 0.296. The molecule has 7 heteroatoms. The van der Waals surface area contributed by atoms with Gasteiger partial charge in [-0.2, -0.15) is 0 Å². The van der Waals surface area contributed by atoms with Gasteiger partial charge in [-0.25, -0.2) is 14.4 Å². The third-order valence-corrected chi connectivity index (χ3v) is 4.07. The number of halogens is 2. The molecule has 0 aliphatic carbocycles. The minimum Gasteiger partial charge on any atom is -0.494 e. The van der Waals surface area contributed by atoms with Gasteiger partial charge in [0, 0.05) is 38.3 Å². The lowest BCUT2D eigenvalue weighted by Gasteiger charge is -2.37. The van der Waals surface area contributed by atoms with Gasteiger partial charge < -0.3 is 14.5 Å². The number of hydrogen-bond acceptors (Lipinski definition) is 5. The van der Waals surface area contributed by atoms with Crippen molar-refractivity contribution in [3.8, 4) is 5.75 Å². The number of anilines is 2. The summed E-state index contributed by atoms with van der Waals surface area (Å²) in [5.41, 5.74) is 0.908. The minimum atomic E-state index is -0.296. The van der Waals surface area contributed by atoms with Crippen LogP contribution >= 0.6 is 11.6 Å². The second-order valence-corrected chi connectivity index (χ2v) is 5.77. The van der Waals surface area contributed by atoms with Crippen LogP contribution in [0, 0.1) is 12.7 Å². The van der Waals surface area contributed by atoms with Crippen molar-refractivity contribution in [1.29, 1.82) is 0 Å². The predicted octanol–water partition coefficient (Wildman–Crippen LogP) is 2.91. The van der Waals surface area contributed by atoms with Gasteiger partial charge in [0.2, 0.25) is 0 Å². The third kappa shape index (κ3) is 3.47. The Balaban J connectivity index is 1.73. The van der Waals surface area contributed by atoms with Crippen LogP contribution in [0.15, 0.2) is 24.3 Å². The van der Waals surface area contributed by atoms with Gasteiger partial charge in [0.05, 0.1) is 12.8 Å². The quantitative estimate of drug-likeness (QED) is 0.806. The monoisotopic (exact) mass is 336 g/mol. The normalized spacial score (nSPS) is 15.0. The average Bonchev–Trinajstić information content (AvgIpc) is 2.54. The molecule has 0 radical (unpaired) electrons. The molecule has 0 bridgehead atoms. The second kappa shape index (κ2) is 6.58. The number of rotatable bonds is 3. The summed E-state index contributed by atoms with van der Waals surface area (Å²) in [6, 6.07) is 6.41. The van der Waals surface area contributed by atoms with Crippen molar-refractivity contribution in [2.75, 3.05) is 43.1 Å². The van der Waals surface area contributed by atoms with Crippen molar-refractivity contribution >= 4 is 23.1 Å². The molecular formula is C16H18ClFN4O. The van der Waals surface area contributed by atoms with Crippen molar-refractivity contribution in [3.05, 3.63) is 41.1 Å². The van der Waals surface area contributed by atoms with Gasteiger partial charge in [-0.05, 0) is 19.1 Å². The molecule has 0 amide bonds. The van der Waals surface area contributed by atoms with Crippen LogP contribution in [-0.4, -0.2) is 43.3 Å². The van der Waals surface area contributed by atoms with E-state index in [1.54, 1.807) is 19.2 Å². The number of ether oxygens (including phenoxy) is 1. The van der Waals surface area contributed by atoms with E-state index in [4.69, 9.17) is 16.3 Å². The highest BCUT2D eigenvalue weighted by molar-refractivity contribution is 6.29. The van der Waals surface area contributed by atoms with Crippen LogP contribution in [0.2, 0.25) is 5.15 Å². The molecule has 1 saturated heterocycles. The first-order chi connectivity index (χ1) is 11.1. The molecule has 2 heterocycles. The lowest BCUT2D eigenvalue weighted by Crippen LogP contribution is -2.47. The highest BCUT2D eigenvalue weighted by Gasteiger charge is 2.21. The maximum atomic E-state index is 13.3. The number of nitrogens with zero attached hydrogens (tertiary/aromatic N) is 4. The first kappa shape index (κ1) is 15.8. The SMILES string of the molecule is COc1cc(F)ccc1N1CCN(c2cc(Cl)nc(C)n2)CC1. The summed E-state index contributed by atoms with van der Waals surface area (Å²) in [6.07, 6.45) is 0. The van der Waals surface area contributed by atoms with Crippen LogP contribution in [0.25, 0.3) is 0 Å². The van der Waals surface area contributed by atoms with E-state index in [2.05, 4.69) is 19.8 Å². The number of benzene rings is 1. The molecule has 1 fully saturated rings. The van der Waals surface area contributed by atoms with E-state index in [1.807, 2.05) is 6.92 Å². The molecule has 5 nitrogen and oxygen atoms in total. The Kier molecular flexibility index (Phi) is 4.52. The first-order valence-electron chi connectivity index (χ1n) is 7.41. The van der Waals surface area contributed by atoms with E-state index in [9.17, 15) is 4.39 Å². The fourth-order valence-electron chi connectivity index (χ4n) is 2.77. The standard InChI is InChI=1S/C16H18ClFN4O/c1-11-19-15(17)10-16(20-11)22-7-5-21(6-8-22)13-4-3-12(18)9-14(13)23-2/h3-4,9-10H,5-8H2,1-2H3. The van der Waals surface area contributed by atoms with E-state index < -0.39 is 0 Å². The molecule has 0 spiro atoms. The summed E-state index contributed by atoms with van der Waals surface area (Å²) in [7, 11) is 1.56. The molecule has 2 aromatic rings. The van der Waals surface area contributed by atoms with Crippen LogP contribution < -0.4 is 14.5 Å². The lowest BCUT2D eigenvalue weighted by molar-refractivity contribution is 0.410. The first-order valence-corrected chi connectivity index (χ1v) is 7.79. The Labute approximate surface area is 139 Å². The summed E-state index contributed by atoms with van der Waals surface area (Å²) in [5.74, 6) is 1.76. The highest BCUT2D eigenvalue weighted by atomic mass is 35.5. The Hall–Kier alpha value is -2.08. The fraction of sp³-hybridized carbons (Fsp3) is 0.375. The number of aryl methyl sites for hydroxylation is 1. The third-order valence-electron chi connectivity index (χ3n) is 3.88. The number of piperazine rings is 1.